The zero-order valence-electron chi connectivity index (χ0n) is 31.7. The smallest absolute Gasteiger partial charge is 0.143 e. The van der Waals surface area contributed by atoms with Crippen LogP contribution in [0.3, 0.4) is 0 Å². The molecule has 0 aliphatic heterocycles. The third-order valence-electron chi connectivity index (χ3n) is 11.4. The summed E-state index contributed by atoms with van der Waals surface area (Å²) in [5, 5.41) is 7.08. The Balaban J connectivity index is 1.07. The van der Waals surface area contributed by atoms with Crippen LogP contribution in [0.25, 0.3) is 88.0 Å². The van der Waals surface area contributed by atoms with Gasteiger partial charge in [0, 0.05) is 33.3 Å². The number of furan rings is 1. The van der Waals surface area contributed by atoms with Crippen molar-refractivity contribution in [3.8, 4) is 44.5 Å². The van der Waals surface area contributed by atoms with Crippen molar-refractivity contribution in [1.29, 1.82) is 0 Å². The van der Waals surface area contributed by atoms with Crippen molar-refractivity contribution in [3.63, 3.8) is 0 Å². The van der Waals surface area contributed by atoms with Gasteiger partial charge < -0.3 is 9.32 Å². The number of fused-ring (bicyclic) bond motifs is 5. The molecule has 1 aromatic heterocycles. The highest BCUT2D eigenvalue weighted by atomic mass is 16.3. The zero-order valence-corrected chi connectivity index (χ0v) is 31.7. The van der Waals surface area contributed by atoms with Gasteiger partial charge in [-0.1, -0.05) is 170 Å². The Labute approximate surface area is 337 Å². The molecule has 10 aromatic carbocycles. The first kappa shape index (κ1) is 33.6. The van der Waals surface area contributed by atoms with Gasteiger partial charge in [-0.05, 0) is 110 Å². The lowest BCUT2D eigenvalue weighted by molar-refractivity contribution is 0.670. The average molecular weight is 740 g/mol. The van der Waals surface area contributed by atoms with Gasteiger partial charge in [-0.25, -0.2) is 0 Å². The van der Waals surface area contributed by atoms with Crippen LogP contribution in [-0.4, -0.2) is 0 Å². The van der Waals surface area contributed by atoms with Crippen LogP contribution in [0, 0.1) is 0 Å². The van der Waals surface area contributed by atoms with Gasteiger partial charge in [-0.15, -0.1) is 0 Å². The number of hydrogen-bond acceptors (Lipinski definition) is 2. The van der Waals surface area contributed by atoms with E-state index < -0.39 is 0 Å². The molecule has 0 atom stereocenters. The number of anilines is 3. The summed E-state index contributed by atoms with van der Waals surface area (Å²) in [4.78, 5) is 2.39. The van der Waals surface area contributed by atoms with Gasteiger partial charge in [0.2, 0.25) is 0 Å². The van der Waals surface area contributed by atoms with Gasteiger partial charge in [0.15, 0.2) is 0 Å². The molecule has 0 spiro atoms. The second-order valence-electron chi connectivity index (χ2n) is 14.9. The van der Waals surface area contributed by atoms with E-state index in [0.717, 1.165) is 55.7 Å². The minimum atomic E-state index is 0.888. The summed E-state index contributed by atoms with van der Waals surface area (Å²) < 4.78 is 6.79. The van der Waals surface area contributed by atoms with Crippen LogP contribution in [0.15, 0.2) is 229 Å². The summed E-state index contributed by atoms with van der Waals surface area (Å²) in [5.74, 6) is 0. The monoisotopic (exact) mass is 739 g/mol. The van der Waals surface area contributed by atoms with Crippen LogP contribution in [0.4, 0.5) is 17.1 Å². The molecule has 0 amide bonds. The van der Waals surface area contributed by atoms with Gasteiger partial charge >= 0.3 is 0 Å². The highest BCUT2D eigenvalue weighted by Gasteiger charge is 2.21. The minimum absolute atomic E-state index is 0.888. The summed E-state index contributed by atoms with van der Waals surface area (Å²) in [6.07, 6.45) is 0. The van der Waals surface area contributed by atoms with Crippen molar-refractivity contribution in [3.05, 3.63) is 224 Å². The fourth-order valence-corrected chi connectivity index (χ4v) is 8.52. The molecular formula is C56H37NO. The van der Waals surface area contributed by atoms with E-state index in [9.17, 15) is 0 Å². The summed E-state index contributed by atoms with van der Waals surface area (Å²) in [5.41, 5.74) is 14.2. The van der Waals surface area contributed by atoms with Crippen molar-refractivity contribution < 1.29 is 4.42 Å². The Morgan fingerprint density at radius 3 is 1.64 bits per heavy atom. The second-order valence-corrected chi connectivity index (χ2v) is 14.9. The Bertz CT molecular complexity index is 3290. The lowest BCUT2D eigenvalue weighted by Gasteiger charge is -2.28. The fourth-order valence-electron chi connectivity index (χ4n) is 8.52. The lowest BCUT2D eigenvalue weighted by Crippen LogP contribution is -2.11. The SMILES string of the molecule is c1ccc(-c2cccc(-c3ccc(N(c4cccc(-c5ccc6ccccc6c5)c4)c4ccccc4-c4cccc5c4oc4cc6ccccc6cc45)cc3)c2)cc1. The maximum absolute atomic E-state index is 6.79. The normalized spacial score (nSPS) is 11.4. The van der Waals surface area contributed by atoms with Crippen molar-refractivity contribution in [2.45, 2.75) is 0 Å². The third-order valence-corrected chi connectivity index (χ3v) is 11.4. The molecule has 0 unspecified atom stereocenters. The van der Waals surface area contributed by atoms with Crippen LogP contribution < -0.4 is 4.90 Å². The Hall–Kier alpha value is -7.68. The Kier molecular flexibility index (Phi) is 8.19. The van der Waals surface area contributed by atoms with Crippen molar-refractivity contribution in [2.75, 3.05) is 4.90 Å². The standard InChI is InChI=1S/C56H37NO/c1-2-13-38(14-3-1)42-19-10-20-43(33-42)40-29-31-48(32-30-40)57(49-22-11-21-44(35-49)47-28-27-39-15-4-5-16-41(39)34-47)54-26-9-8-23-50(54)51-24-12-25-52-53-36-45-17-6-7-18-46(45)37-55(53)58-56(51)52/h1-37H. The van der Waals surface area contributed by atoms with E-state index >= 15 is 0 Å². The first-order valence-corrected chi connectivity index (χ1v) is 19.8. The Morgan fingerprint density at radius 2 is 0.845 bits per heavy atom. The van der Waals surface area contributed by atoms with Gasteiger partial charge in [0.05, 0.1) is 5.69 Å². The summed E-state index contributed by atoms with van der Waals surface area (Å²) in [6, 6.07) is 80.7. The highest BCUT2D eigenvalue weighted by Crippen LogP contribution is 2.45. The van der Waals surface area contributed by atoms with Crippen LogP contribution in [0.1, 0.15) is 0 Å². The molecule has 0 radical (unpaired) electrons. The van der Waals surface area contributed by atoms with E-state index in [-0.39, 0.29) is 0 Å². The molecule has 0 bridgehead atoms. The van der Waals surface area contributed by atoms with Crippen molar-refractivity contribution >= 4 is 60.5 Å². The molecule has 0 N–H and O–H groups in total. The maximum atomic E-state index is 6.79. The molecule has 11 aromatic rings. The molecule has 11 rings (SSSR count). The molecule has 0 fully saturated rings. The van der Waals surface area contributed by atoms with Crippen LogP contribution >= 0.6 is 0 Å². The number of nitrogens with zero attached hydrogens (tertiary/aromatic N) is 1. The molecule has 0 saturated carbocycles. The van der Waals surface area contributed by atoms with E-state index in [1.807, 2.05) is 0 Å². The fraction of sp³-hybridized carbons (Fsp3) is 0. The van der Waals surface area contributed by atoms with Gasteiger partial charge in [-0.2, -0.15) is 0 Å². The number of hydrogen-bond donors (Lipinski definition) is 0. The molecule has 272 valence electrons. The van der Waals surface area contributed by atoms with E-state index in [1.165, 1.54) is 49.4 Å². The lowest BCUT2D eigenvalue weighted by atomic mass is 9.97. The topological polar surface area (TPSA) is 16.4 Å². The van der Waals surface area contributed by atoms with Gasteiger partial charge in [0.25, 0.3) is 0 Å². The average Bonchev–Trinajstić information content (AvgIpc) is 3.66. The number of para-hydroxylation sites is 2. The molecule has 2 heteroatoms. The van der Waals surface area contributed by atoms with E-state index in [0.29, 0.717) is 0 Å². The highest BCUT2D eigenvalue weighted by molar-refractivity contribution is 6.14. The zero-order chi connectivity index (χ0) is 38.4. The largest absolute Gasteiger partial charge is 0.455 e. The molecule has 2 nitrogen and oxygen atoms in total. The van der Waals surface area contributed by atoms with Crippen molar-refractivity contribution in [1.82, 2.24) is 0 Å². The molecular weight excluding hydrogens is 703 g/mol. The van der Waals surface area contributed by atoms with Crippen LogP contribution in [-0.2, 0) is 0 Å². The number of rotatable bonds is 7. The quantitative estimate of drug-likeness (QED) is 0.162. The molecule has 1 heterocycles. The second kappa shape index (κ2) is 14.1. The molecule has 0 aliphatic rings. The minimum Gasteiger partial charge on any atom is -0.455 e. The van der Waals surface area contributed by atoms with E-state index in [1.54, 1.807) is 0 Å². The van der Waals surface area contributed by atoms with Gasteiger partial charge in [-0.3, -0.25) is 0 Å². The first-order valence-electron chi connectivity index (χ1n) is 19.8. The maximum Gasteiger partial charge on any atom is 0.143 e. The summed E-state index contributed by atoms with van der Waals surface area (Å²) in [7, 11) is 0. The number of benzene rings is 10. The predicted octanol–water partition coefficient (Wildman–Crippen LogP) is 16.0. The predicted molar refractivity (Wildman–Crippen MR) is 245 cm³/mol. The van der Waals surface area contributed by atoms with Crippen LogP contribution in [0.5, 0.6) is 0 Å². The summed E-state index contributed by atoms with van der Waals surface area (Å²) in [6.45, 7) is 0. The molecule has 0 saturated heterocycles. The Morgan fingerprint density at radius 1 is 0.293 bits per heavy atom. The van der Waals surface area contributed by atoms with E-state index in [2.05, 4.69) is 229 Å². The third kappa shape index (κ3) is 6.00. The van der Waals surface area contributed by atoms with Gasteiger partial charge in [0.1, 0.15) is 11.2 Å². The molecule has 58 heavy (non-hydrogen) atoms. The molecule has 0 aliphatic carbocycles. The van der Waals surface area contributed by atoms with E-state index in [4.69, 9.17) is 4.42 Å². The van der Waals surface area contributed by atoms with Crippen LogP contribution in [0.2, 0.25) is 0 Å². The van der Waals surface area contributed by atoms with Crippen molar-refractivity contribution in [2.24, 2.45) is 0 Å². The first-order chi connectivity index (χ1) is 28.7. The summed E-state index contributed by atoms with van der Waals surface area (Å²) >= 11 is 0.